The van der Waals surface area contributed by atoms with Crippen molar-refractivity contribution < 1.29 is 4.79 Å². The van der Waals surface area contributed by atoms with Gasteiger partial charge in [-0.1, -0.05) is 29.4 Å². The lowest BCUT2D eigenvalue weighted by molar-refractivity contribution is -0.125. The molecule has 2 aromatic heterocycles. The van der Waals surface area contributed by atoms with Crippen molar-refractivity contribution in [1.29, 1.82) is 0 Å². The zero-order valence-electron chi connectivity index (χ0n) is 12.0. The Morgan fingerprint density at radius 2 is 2.10 bits per heavy atom. The molecule has 2 heterocycles. The molecule has 0 bridgehead atoms. The van der Waals surface area contributed by atoms with Gasteiger partial charge in [0.15, 0.2) is 5.82 Å². The normalized spacial score (nSPS) is 10.5. The van der Waals surface area contributed by atoms with E-state index in [4.69, 9.17) is 11.6 Å². The van der Waals surface area contributed by atoms with Crippen molar-refractivity contribution in [2.75, 3.05) is 19.8 Å². The fourth-order valence-corrected chi connectivity index (χ4v) is 2.69. The molecule has 0 aliphatic heterocycles. The number of nitrogens with zero attached hydrogens (tertiary/aromatic N) is 4. The quantitative estimate of drug-likeness (QED) is 0.640. The number of carbonyl (C=O) groups is 1. The Labute approximate surface area is 132 Å². The summed E-state index contributed by atoms with van der Waals surface area (Å²) in [6.45, 7) is 1.81. The van der Waals surface area contributed by atoms with E-state index in [1.165, 1.54) is 16.7 Å². The highest BCUT2D eigenvalue weighted by Gasteiger charge is 2.14. The second-order valence-corrected chi connectivity index (χ2v) is 5.89. The van der Waals surface area contributed by atoms with Gasteiger partial charge in [-0.3, -0.25) is 9.78 Å². The average molecular weight is 323 g/mol. The highest BCUT2D eigenvalue weighted by molar-refractivity contribution is 8.00. The van der Waals surface area contributed by atoms with E-state index < -0.39 is 0 Å². The molecule has 0 aliphatic carbocycles. The minimum atomic E-state index is 0.00622. The topological polar surface area (TPSA) is 59.0 Å². The van der Waals surface area contributed by atoms with Crippen molar-refractivity contribution in [3.63, 3.8) is 0 Å². The van der Waals surface area contributed by atoms with Gasteiger partial charge < -0.3 is 4.90 Å². The summed E-state index contributed by atoms with van der Waals surface area (Å²) in [5, 5.41) is 1.08. The standard InChI is InChI=1S/C14H15ClN4OS/c1-9-12(15)14(21-8-11(20)19(2)3)18-13(17-9)10-6-4-5-7-16-10/h4-7H,8H2,1-3H3. The minimum Gasteiger partial charge on any atom is -0.348 e. The van der Waals surface area contributed by atoms with Crippen LogP contribution in [0.5, 0.6) is 0 Å². The monoisotopic (exact) mass is 322 g/mol. The number of pyridine rings is 1. The molecule has 0 unspecified atom stereocenters. The Bertz CT molecular complexity index is 649. The first-order valence-electron chi connectivity index (χ1n) is 6.27. The number of halogens is 1. The van der Waals surface area contributed by atoms with Crippen LogP contribution < -0.4 is 0 Å². The summed E-state index contributed by atoms with van der Waals surface area (Å²) in [6.07, 6.45) is 1.69. The molecule has 0 saturated heterocycles. The number of hydrogen-bond acceptors (Lipinski definition) is 5. The molecule has 0 N–H and O–H groups in total. The van der Waals surface area contributed by atoms with E-state index in [2.05, 4.69) is 15.0 Å². The van der Waals surface area contributed by atoms with Crippen molar-refractivity contribution in [2.45, 2.75) is 11.9 Å². The van der Waals surface area contributed by atoms with Gasteiger partial charge >= 0.3 is 0 Å². The van der Waals surface area contributed by atoms with Gasteiger partial charge in [0, 0.05) is 20.3 Å². The van der Waals surface area contributed by atoms with Crippen LogP contribution in [0.2, 0.25) is 5.02 Å². The summed E-state index contributed by atoms with van der Waals surface area (Å²) in [7, 11) is 3.43. The van der Waals surface area contributed by atoms with Crippen LogP contribution in [0.25, 0.3) is 11.5 Å². The maximum absolute atomic E-state index is 11.7. The smallest absolute Gasteiger partial charge is 0.232 e. The van der Waals surface area contributed by atoms with Crippen LogP contribution >= 0.6 is 23.4 Å². The molecule has 0 aliphatic rings. The molecule has 0 fully saturated rings. The van der Waals surface area contributed by atoms with Gasteiger partial charge in [-0.05, 0) is 19.1 Å². The Morgan fingerprint density at radius 3 is 2.71 bits per heavy atom. The third kappa shape index (κ3) is 3.92. The van der Waals surface area contributed by atoms with Crippen LogP contribution in [-0.2, 0) is 4.79 Å². The van der Waals surface area contributed by atoms with E-state index in [1.807, 2.05) is 25.1 Å². The maximum Gasteiger partial charge on any atom is 0.232 e. The predicted octanol–water partition coefficient (Wildman–Crippen LogP) is 2.68. The Morgan fingerprint density at radius 1 is 1.33 bits per heavy atom. The lowest BCUT2D eigenvalue weighted by Gasteiger charge is -2.11. The van der Waals surface area contributed by atoms with Crippen molar-refractivity contribution >= 4 is 29.3 Å². The van der Waals surface area contributed by atoms with Crippen LogP contribution in [0.3, 0.4) is 0 Å². The summed E-state index contributed by atoms with van der Waals surface area (Å²) in [5.74, 6) is 0.800. The number of aryl methyl sites for hydroxylation is 1. The van der Waals surface area contributed by atoms with Crippen LogP contribution in [0.1, 0.15) is 5.69 Å². The first kappa shape index (κ1) is 15.7. The van der Waals surface area contributed by atoms with Gasteiger partial charge in [0.25, 0.3) is 0 Å². The first-order valence-corrected chi connectivity index (χ1v) is 7.64. The molecule has 0 radical (unpaired) electrons. The fraction of sp³-hybridized carbons (Fsp3) is 0.286. The molecule has 0 saturated carbocycles. The van der Waals surface area contributed by atoms with Gasteiger partial charge in [-0.25, -0.2) is 9.97 Å². The number of aromatic nitrogens is 3. The van der Waals surface area contributed by atoms with Crippen LogP contribution in [0.15, 0.2) is 29.4 Å². The Balaban J connectivity index is 2.29. The SMILES string of the molecule is Cc1nc(-c2ccccn2)nc(SCC(=O)N(C)C)c1Cl. The highest BCUT2D eigenvalue weighted by atomic mass is 35.5. The molecule has 2 rings (SSSR count). The second-order valence-electron chi connectivity index (χ2n) is 4.54. The van der Waals surface area contributed by atoms with Gasteiger partial charge in [0.1, 0.15) is 10.7 Å². The maximum atomic E-state index is 11.7. The third-order valence-electron chi connectivity index (χ3n) is 2.71. The van der Waals surface area contributed by atoms with Crippen LogP contribution in [0, 0.1) is 6.92 Å². The second kappa shape index (κ2) is 6.87. The van der Waals surface area contributed by atoms with E-state index in [9.17, 15) is 4.79 Å². The molecular formula is C14H15ClN4OS. The lowest BCUT2D eigenvalue weighted by atomic mass is 10.3. The summed E-state index contributed by atoms with van der Waals surface area (Å²) >= 11 is 7.53. The summed E-state index contributed by atoms with van der Waals surface area (Å²) < 4.78 is 0. The Kier molecular flexibility index (Phi) is 5.14. The largest absolute Gasteiger partial charge is 0.348 e. The molecule has 110 valence electrons. The highest BCUT2D eigenvalue weighted by Crippen LogP contribution is 2.29. The van der Waals surface area contributed by atoms with Gasteiger partial charge in [-0.15, -0.1) is 0 Å². The fourth-order valence-electron chi connectivity index (χ4n) is 1.50. The predicted molar refractivity (Wildman–Crippen MR) is 84.4 cm³/mol. The van der Waals surface area contributed by atoms with Crippen molar-refractivity contribution in [1.82, 2.24) is 19.9 Å². The van der Waals surface area contributed by atoms with Gasteiger partial charge in [0.2, 0.25) is 5.91 Å². The molecule has 0 spiro atoms. The molecule has 0 aromatic carbocycles. The van der Waals surface area contributed by atoms with Crippen LogP contribution in [0.4, 0.5) is 0 Å². The van der Waals surface area contributed by atoms with Crippen LogP contribution in [-0.4, -0.2) is 45.6 Å². The van der Waals surface area contributed by atoms with E-state index >= 15 is 0 Å². The first-order chi connectivity index (χ1) is 9.99. The van der Waals surface area contributed by atoms with Gasteiger partial charge in [0.05, 0.1) is 16.5 Å². The molecule has 2 aromatic rings. The average Bonchev–Trinajstić information content (AvgIpc) is 2.49. The van der Waals surface area contributed by atoms with E-state index in [-0.39, 0.29) is 11.7 Å². The molecule has 1 amide bonds. The number of rotatable bonds is 4. The minimum absolute atomic E-state index is 0.00622. The summed E-state index contributed by atoms with van der Waals surface area (Å²) in [6, 6.07) is 5.54. The van der Waals surface area contributed by atoms with Crippen molar-refractivity contribution in [3.8, 4) is 11.5 Å². The Hall–Kier alpha value is -1.66. The van der Waals surface area contributed by atoms with E-state index in [1.54, 1.807) is 20.3 Å². The third-order valence-corrected chi connectivity index (χ3v) is 4.24. The van der Waals surface area contributed by atoms with E-state index in [0.29, 0.717) is 27.3 Å². The molecule has 21 heavy (non-hydrogen) atoms. The number of hydrogen-bond donors (Lipinski definition) is 0. The van der Waals surface area contributed by atoms with Crippen molar-refractivity contribution in [3.05, 3.63) is 35.1 Å². The number of thioether (sulfide) groups is 1. The molecule has 7 heteroatoms. The molecular weight excluding hydrogens is 308 g/mol. The van der Waals surface area contributed by atoms with Gasteiger partial charge in [-0.2, -0.15) is 0 Å². The lowest BCUT2D eigenvalue weighted by Crippen LogP contribution is -2.23. The molecule has 5 nitrogen and oxygen atoms in total. The number of carbonyl (C=O) groups excluding carboxylic acids is 1. The van der Waals surface area contributed by atoms with Crippen molar-refractivity contribution in [2.24, 2.45) is 0 Å². The zero-order chi connectivity index (χ0) is 15.4. The zero-order valence-corrected chi connectivity index (χ0v) is 13.6. The summed E-state index contributed by atoms with van der Waals surface area (Å²) in [4.78, 5) is 26.2. The molecule has 0 atom stereocenters. The number of amides is 1. The van der Waals surface area contributed by atoms with E-state index in [0.717, 1.165) is 0 Å². The summed E-state index contributed by atoms with van der Waals surface area (Å²) in [5.41, 5.74) is 1.35.